The first-order valence-corrected chi connectivity index (χ1v) is 6.74. The maximum absolute atomic E-state index is 11.2. The van der Waals surface area contributed by atoms with Crippen LogP contribution in [0.3, 0.4) is 0 Å². The quantitative estimate of drug-likeness (QED) is 0.605. The van der Waals surface area contributed by atoms with Crippen LogP contribution >= 0.6 is 0 Å². The van der Waals surface area contributed by atoms with Crippen LogP contribution in [0.2, 0.25) is 0 Å². The molecule has 3 heterocycles. The molecule has 1 aromatic heterocycles. The molecule has 20 heavy (non-hydrogen) atoms. The van der Waals surface area contributed by atoms with Crippen molar-refractivity contribution in [2.24, 2.45) is 0 Å². The molecular weight excluding hydrogens is 262 g/mol. The first kappa shape index (κ1) is 13.3. The molecule has 108 valence electrons. The highest BCUT2D eigenvalue weighted by atomic mass is 16.7. The van der Waals surface area contributed by atoms with E-state index in [0.717, 1.165) is 0 Å². The van der Waals surface area contributed by atoms with Gasteiger partial charge in [-0.3, -0.25) is 10.1 Å². The van der Waals surface area contributed by atoms with E-state index in [2.05, 4.69) is 4.98 Å². The Morgan fingerprint density at radius 3 is 2.60 bits per heavy atom. The van der Waals surface area contributed by atoms with Gasteiger partial charge in [-0.2, -0.15) is 0 Å². The second-order valence-corrected chi connectivity index (χ2v) is 5.15. The summed E-state index contributed by atoms with van der Waals surface area (Å²) in [6.07, 6.45) is 3.03. The average molecular weight is 279 g/mol. The number of aromatic nitrogens is 1. The van der Waals surface area contributed by atoms with Crippen LogP contribution in [0.5, 0.6) is 0 Å². The Bertz CT molecular complexity index is 518. The number of hydrogen-bond donors (Lipinski definition) is 0. The number of nitro groups is 1. The fraction of sp³-hybridized carbons (Fsp3) is 0.615. The largest absolute Gasteiger partial charge is 0.350 e. The van der Waals surface area contributed by atoms with Crippen molar-refractivity contribution >= 4 is 11.5 Å². The van der Waals surface area contributed by atoms with Crippen LogP contribution in [-0.4, -0.2) is 42.0 Å². The van der Waals surface area contributed by atoms with Gasteiger partial charge in [-0.05, 0) is 13.0 Å². The van der Waals surface area contributed by atoms with Gasteiger partial charge < -0.3 is 14.4 Å². The van der Waals surface area contributed by atoms with Crippen molar-refractivity contribution in [2.45, 2.75) is 25.6 Å². The smallest absolute Gasteiger partial charge is 0.314 e. The van der Waals surface area contributed by atoms with Crippen molar-refractivity contribution in [2.75, 3.05) is 31.2 Å². The van der Waals surface area contributed by atoms with Gasteiger partial charge in [0.25, 0.3) is 0 Å². The van der Waals surface area contributed by atoms with Gasteiger partial charge in [0.15, 0.2) is 5.79 Å². The van der Waals surface area contributed by atoms with E-state index < -0.39 is 5.79 Å². The highest BCUT2D eigenvalue weighted by molar-refractivity contribution is 5.61. The summed E-state index contributed by atoms with van der Waals surface area (Å²) < 4.78 is 11.3. The molecule has 0 amide bonds. The number of anilines is 1. The van der Waals surface area contributed by atoms with E-state index in [4.69, 9.17) is 9.47 Å². The highest BCUT2D eigenvalue weighted by Gasteiger charge is 2.41. The van der Waals surface area contributed by atoms with E-state index in [-0.39, 0.29) is 10.6 Å². The Kier molecular flexibility index (Phi) is 3.31. The summed E-state index contributed by atoms with van der Waals surface area (Å²) in [6.45, 7) is 4.29. The molecule has 0 N–H and O–H groups in total. The standard InChI is InChI=1S/C13H17N3O4/c1-10-2-5-14-12(11(10)16(17)18)15-6-3-13(4-7-15)19-8-9-20-13/h2,5H,3-4,6-9H2,1H3. The van der Waals surface area contributed by atoms with Crippen molar-refractivity contribution in [1.29, 1.82) is 0 Å². The molecule has 1 aromatic rings. The summed E-state index contributed by atoms with van der Waals surface area (Å²) in [6, 6.07) is 1.66. The van der Waals surface area contributed by atoms with Crippen LogP contribution in [0, 0.1) is 17.0 Å². The molecule has 2 aliphatic rings. The third kappa shape index (κ3) is 2.23. The van der Waals surface area contributed by atoms with Crippen molar-refractivity contribution in [3.63, 3.8) is 0 Å². The van der Waals surface area contributed by atoms with Crippen LogP contribution < -0.4 is 4.90 Å². The molecule has 0 aliphatic carbocycles. The molecule has 2 saturated heterocycles. The van der Waals surface area contributed by atoms with Gasteiger partial charge in [-0.15, -0.1) is 0 Å². The summed E-state index contributed by atoms with van der Waals surface area (Å²) in [5.41, 5.74) is 0.727. The van der Waals surface area contributed by atoms with Gasteiger partial charge in [0.1, 0.15) is 0 Å². The minimum absolute atomic E-state index is 0.0942. The van der Waals surface area contributed by atoms with Gasteiger partial charge in [0.2, 0.25) is 5.82 Å². The first-order valence-electron chi connectivity index (χ1n) is 6.74. The summed E-state index contributed by atoms with van der Waals surface area (Å²) in [5, 5.41) is 11.2. The van der Waals surface area contributed by atoms with Crippen molar-refractivity contribution in [3.8, 4) is 0 Å². The molecule has 3 rings (SSSR count). The topological polar surface area (TPSA) is 77.7 Å². The van der Waals surface area contributed by atoms with E-state index in [9.17, 15) is 10.1 Å². The average Bonchev–Trinajstić information content (AvgIpc) is 2.87. The fourth-order valence-electron chi connectivity index (χ4n) is 2.84. The minimum atomic E-state index is -0.477. The van der Waals surface area contributed by atoms with E-state index >= 15 is 0 Å². The number of piperidine rings is 1. The molecule has 0 saturated carbocycles. The first-order chi connectivity index (χ1) is 9.61. The fourth-order valence-corrected chi connectivity index (χ4v) is 2.84. The predicted octanol–water partition coefficient (Wildman–Crippen LogP) is 1.64. The summed E-state index contributed by atoms with van der Waals surface area (Å²) in [7, 11) is 0. The van der Waals surface area contributed by atoms with E-state index in [1.165, 1.54) is 0 Å². The molecule has 7 nitrogen and oxygen atoms in total. The maximum atomic E-state index is 11.2. The number of ether oxygens (including phenoxy) is 2. The lowest BCUT2D eigenvalue weighted by Gasteiger charge is -2.37. The van der Waals surface area contributed by atoms with Gasteiger partial charge >= 0.3 is 5.69 Å². The van der Waals surface area contributed by atoms with Gasteiger partial charge in [0.05, 0.1) is 18.1 Å². The molecule has 0 aromatic carbocycles. The molecule has 0 bridgehead atoms. The van der Waals surface area contributed by atoms with Crippen LogP contribution in [0.15, 0.2) is 12.3 Å². The third-order valence-electron chi connectivity index (χ3n) is 3.93. The van der Waals surface area contributed by atoms with Crippen molar-refractivity contribution < 1.29 is 14.4 Å². The van der Waals surface area contributed by atoms with Crippen molar-refractivity contribution in [3.05, 3.63) is 27.9 Å². The van der Waals surface area contributed by atoms with Crippen molar-refractivity contribution in [1.82, 2.24) is 4.98 Å². The zero-order chi connectivity index (χ0) is 14.2. The van der Waals surface area contributed by atoms with Crippen LogP contribution in [-0.2, 0) is 9.47 Å². The molecule has 0 atom stereocenters. The molecule has 0 radical (unpaired) electrons. The molecule has 2 aliphatic heterocycles. The molecule has 0 unspecified atom stereocenters. The Balaban J connectivity index is 1.81. The molecule has 7 heteroatoms. The van der Waals surface area contributed by atoms with Crippen LogP contribution in [0.1, 0.15) is 18.4 Å². The zero-order valence-corrected chi connectivity index (χ0v) is 11.4. The summed E-state index contributed by atoms with van der Waals surface area (Å²) >= 11 is 0. The van der Waals surface area contributed by atoms with Gasteiger partial charge in [0, 0.05) is 37.7 Å². The van der Waals surface area contributed by atoms with Crippen LogP contribution in [0.4, 0.5) is 11.5 Å². The zero-order valence-electron chi connectivity index (χ0n) is 11.4. The number of hydrogen-bond acceptors (Lipinski definition) is 6. The van der Waals surface area contributed by atoms with Gasteiger partial charge in [-0.1, -0.05) is 0 Å². The highest BCUT2D eigenvalue weighted by Crippen LogP contribution is 2.36. The second kappa shape index (κ2) is 4.99. The number of pyridine rings is 1. The lowest BCUT2D eigenvalue weighted by atomic mass is 10.0. The lowest BCUT2D eigenvalue weighted by Crippen LogP contribution is -2.45. The normalized spacial score (nSPS) is 21.4. The maximum Gasteiger partial charge on any atom is 0.314 e. The predicted molar refractivity (Wildman–Crippen MR) is 71.7 cm³/mol. The third-order valence-corrected chi connectivity index (χ3v) is 3.93. The molecule has 1 spiro atoms. The SMILES string of the molecule is Cc1ccnc(N2CCC3(CC2)OCCO3)c1[N+](=O)[O-]. The lowest BCUT2D eigenvalue weighted by molar-refractivity contribution is -0.384. The Morgan fingerprint density at radius 2 is 2.00 bits per heavy atom. The van der Waals surface area contributed by atoms with Crippen LogP contribution in [0.25, 0.3) is 0 Å². The second-order valence-electron chi connectivity index (χ2n) is 5.15. The van der Waals surface area contributed by atoms with E-state index in [0.29, 0.717) is 50.5 Å². The Hall–Kier alpha value is -1.73. The van der Waals surface area contributed by atoms with E-state index in [1.807, 2.05) is 4.90 Å². The van der Waals surface area contributed by atoms with E-state index in [1.54, 1.807) is 19.2 Å². The number of nitrogens with zero attached hydrogens (tertiary/aromatic N) is 3. The number of rotatable bonds is 2. The van der Waals surface area contributed by atoms with Gasteiger partial charge in [-0.25, -0.2) is 4.98 Å². The molecule has 2 fully saturated rings. The monoisotopic (exact) mass is 279 g/mol. The summed E-state index contributed by atoms with van der Waals surface area (Å²) in [4.78, 5) is 17.0. The Labute approximate surface area is 116 Å². The minimum Gasteiger partial charge on any atom is -0.350 e. The Morgan fingerprint density at radius 1 is 1.35 bits per heavy atom. The molecular formula is C13H17N3O4. The number of aryl methyl sites for hydroxylation is 1. The summed E-state index contributed by atoms with van der Waals surface area (Å²) in [5.74, 6) is -0.0300.